The molecule has 0 fully saturated rings. The van der Waals surface area contributed by atoms with E-state index in [-0.39, 0.29) is 0 Å². The second-order valence-electron chi connectivity index (χ2n) is 2.70. The summed E-state index contributed by atoms with van der Waals surface area (Å²) in [5.41, 5.74) is 2.94. The molecular weight excluding hydrogens is 134 g/mol. The summed E-state index contributed by atoms with van der Waals surface area (Å²) in [4.78, 5) is 0. The lowest BCUT2D eigenvalue weighted by atomic mass is 10.0. The van der Waals surface area contributed by atoms with Crippen molar-refractivity contribution in [1.29, 1.82) is 5.26 Å². The third-order valence-corrected chi connectivity index (χ3v) is 1.48. The van der Waals surface area contributed by atoms with Gasteiger partial charge in [-0.05, 0) is 26.7 Å². The summed E-state index contributed by atoms with van der Waals surface area (Å²) in [7, 11) is 0. The van der Waals surface area contributed by atoms with Gasteiger partial charge in [0, 0.05) is 6.92 Å². The second-order valence-corrected chi connectivity index (χ2v) is 2.70. The van der Waals surface area contributed by atoms with Gasteiger partial charge in [-0.15, -0.1) is 0 Å². The summed E-state index contributed by atoms with van der Waals surface area (Å²) in [6.45, 7) is 5.78. The Kier molecular flexibility index (Phi) is 5.20. The van der Waals surface area contributed by atoms with Crippen molar-refractivity contribution in [2.75, 3.05) is 0 Å². The molecule has 0 aromatic heterocycles. The van der Waals surface area contributed by atoms with Crippen LogP contribution in [-0.2, 0) is 0 Å². The van der Waals surface area contributed by atoms with Crippen molar-refractivity contribution in [2.45, 2.75) is 33.6 Å². The van der Waals surface area contributed by atoms with Crippen molar-refractivity contribution in [3.05, 3.63) is 23.3 Å². The van der Waals surface area contributed by atoms with Crippen LogP contribution in [0.15, 0.2) is 23.3 Å². The first-order chi connectivity index (χ1) is 5.20. The molecule has 0 radical (unpaired) electrons. The highest BCUT2D eigenvalue weighted by atomic mass is 14.2. The minimum Gasteiger partial charge on any atom is -0.199 e. The zero-order valence-corrected chi connectivity index (χ0v) is 7.52. The van der Waals surface area contributed by atoms with Gasteiger partial charge in [0.1, 0.15) is 0 Å². The van der Waals surface area contributed by atoms with Crippen LogP contribution in [0.5, 0.6) is 0 Å². The highest BCUT2D eigenvalue weighted by molar-refractivity contribution is 5.24. The molecular formula is C10H15N. The number of hydrogen-bond acceptors (Lipinski definition) is 1. The van der Waals surface area contributed by atoms with E-state index in [4.69, 9.17) is 5.26 Å². The molecule has 0 aromatic rings. The van der Waals surface area contributed by atoms with Crippen LogP contribution in [0, 0.1) is 11.3 Å². The van der Waals surface area contributed by atoms with Gasteiger partial charge in [-0.1, -0.05) is 23.3 Å². The fraction of sp³-hybridized carbons (Fsp3) is 0.500. The fourth-order valence-electron chi connectivity index (χ4n) is 1.05. The molecule has 0 N–H and O–H groups in total. The lowest BCUT2D eigenvalue weighted by Gasteiger charge is -2.04. The summed E-state index contributed by atoms with van der Waals surface area (Å²) >= 11 is 0. The summed E-state index contributed by atoms with van der Waals surface area (Å²) in [5, 5.41) is 7.32. The summed E-state index contributed by atoms with van der Waals surface area (Å²) in [5.74, 6) is 0. The van der Waals surface area contributed by atoms with Gasteiger partial charge in [0.05, 0.1) is 6.07 Å². The molecule has 1 aliphatic carbocycles. The van der Waals surface area contributed by atoms with Crippen LogP contribution in [-0.4, -0.2) is 0 Å². The van der Waals surface area contributed by atoms with Crippen LogP contribution < -0.4 is 0 Å². The van der Waals surface area contributed by atoms with E-state index in [0.29, 0.717) is 0 Å². The van der Waals surface area contributed by atoms with Crippen LogP contribution in [0.3, 0.4) is 0 Å². The molecule has 1 rings (SSSR count). The molecule has 0 spiro atoms. The molecule has 1 aliphatic rings. The first-order valence-corrected chi connectivity index (χ1v) is 3.85. The topological polar surface area (TPSA) is 23.8 Å². The minimum absolute atomic E-state index is 1.24. The van der Waals surface area contributed by atoms with Crippen molar-refractivity contribution < 1.29 is 0 Å². The molecule has 0 unspecified atom stereocenters. The Bertz CT molecular complexity index is 203. The van der Waals surface area contributed by atoms with Crippen molar-refractivity contribution >= 4 is 0 Å². The van der Waals surface area contributed by atoms with E-state index in [1.54, 1.807) is 6.07 Å². The van der Waals surface area contributed by atoms with Crippen LogP contribution in [0.1, 0.15) is 33.6 Å². The van der Waals surface area contributed by atoms with E-state index in [1.165, 1.54) is 30.9 Å². The van der Waals surface area contributed by atoms with Gasteiger partial charge in [0.15, 0.2) is 0 Å². The molecule has 1 nitrogen and oxygen atoms in total. The number of rotatable bonds is 0. The van der Waals surface area contributed by atoms with Crippen molar-refractivity contribution in [1.82, 2.24) is 0 Å². The molecule has 0 heterocycles. The van der Waals surface area contributed by atoms with Crippen LogP contribution in [0.4, 0.5) is 0 Å². The maximum atomic E-state index is 7.32. The van der Waals surface area contributed by atoms with Gasteiger partial charge in [-0.25, -0.2) is 0 Å². The predicted octanol–water partition coefficient (Wildman–Crippen LogP) is 3.20. The summed E-state index contributed by atoms with van der Waals surface area (Å²) in [6, 6.07) is 1.75. The number of allylic oxidation sites excluding steroid dienone is 4. The third-order valence-electron chi connectivity index (χ3n) is 1.48. The van der Waals surface area contributed by atoms with E-state index in [2.05, 4.69) is 26.0 Å². The van der Waals surface area contributed by atoms with Gasteiger partial charge in [-0.3, -0.25) is 0 Å². The molecule has 11 heavy (non-hydrogen) atoms. The van der Waals surface area contributed by atoms with Gasteiger partial charge in [0.2, 0.25) is 0 Å². The average molecular weight is 149 g/mol. The first kappa shape index (κ1) is 9.97. The molecule has 0 atom stereocenters. The predicted molar refractivity (Wildman–Crippen MR) is 48.0 cm³/mol. The molecule has 0 aromatic carbocycles. The molecule has 0 aliphatic heterocycles. The highest BCUT2D eigenvalue weighted by Crippen LogP contribution is 2.14. The monoisotopic (exact) mass is 149 g/mol. The molecule has 0 amide bonds. The van der Waals surface area contributed by atoms with Gasteiger partial charge < -0.3 is 0 Å². The van der Waals surface area contributed by atoms with Crippen LogP contribution in [0.25, 0.3) is 0 Å². The Morgan fingerprint density at radius 3 is 2.27 bits per heavy atom. The van der Waals surface area contributed by atoms with Crippen molar-refractivity contribution in [3.63, 3.8) is 0 Å². The van der Waals surface area contributed by atoms with E-state index in [9.17, 15) is 0 Å². The Morgan fingerprint density at radius 2 is 2.00 bits per heavy atom. The minimum atomic E-state index is 1.24. The number of nitrogens with zero attached hydrogens (tertiary/aromatic N) is 1. The van der Waals surface area contributed by atoms with Crippen LogP contribution in [0.2, 0.25) is 0 Å². The molecule has 0 saturated heterocycles. The van der Waals surface area contributed by atoms with E-state index < -0.39 is 0 Å². The molecule has 1 heteroatoms. The van der Waals surface area contributed by atoms with E-state index in [1.807, 2.05) is 0 Å². The zero-order valence-electron chi connectivity index (χ0n) is 7.52. The lowest BCUT2D eigenvalue weighted by molar-refractivity contribution is 0.945. The maximum Gasteiger partial charge on any atom is 0.0587 e. The number of nitriles is 1. The zero-order chi connectivity index (χ0) is 8.69. The van der Waals surface area contributed by atoms with Crippen LogP contribution >= 0.6 is 0 Å². The quantitative estimate of drug-likeness (QED) is 0.519. The second kappa shape index (κ2) is 5.73. The third kappa shape index (κ3) is 5.42. The SMILES string of the molecule is CC#N.CC1=CCCC(C)=C1. The first-order valence-electron chi connectivity index (χ1n) is 3.85. The lowest BCUT2D eigenvalue weighted by Crippen LogP contribution is -1.84. The van der Waals surface area contributed by atoms with Gasteiger partial charge >= 0.3 is 0 Å². The maximum absolute atomic E-state index is 7.32. The van der Waals surface area contributed by atoms with E-state index in [0.717, 1.165) is 0 Å². The Hall–Kier alpha value is -1.03. The molecule has 0 saturated carbocycles. The van der Waals surface area contributed by atoms with Crippen molar-refractivity contribution in [3.8, 4) is 6.07 Å². The van der Waals surface area contributed by atoms with Gasteiger partial charge in [0.25, 0.3) is 0 Å². The smallest absolute Gasteiger partial charge is 0.0587 e. The largest absolute Gasteiger partial charge is 0.199 e. The fourth-order valence-corrected chi connectivity index (χ4v) is 1.05. The standard InChI is InChI=1S/C8H12.C2H3N/c1-7-4-3-5-8(2)6-7;1-2-3/h4,6H,3,5H2,1-2H3;1H3. The Morgan fingerprint density at radius 1 is 1.45 bits per heavy atom. The van der Waals surface area contributed by atoms with Crippen molar-refractivity contribution in [2.24, 2.45) is 0 Å². The summed E-state index contributed by atoms with van der Waals surface area (Å²) < 4.78 is 0. The Labute approximate surface area is 69.0 Å². The average Bonchev–Trinajstić information content (AvgIpc) is 1.88. The normalized spacial score (nSPS) is 15.1. The van der Waals surface area contributed by atoms with Gasteiger partial charge in [-0.2, -0.15) is 5.26 Å². The highest BCUT2D eigenvalue weighted by Gasteiger charge is 1.94. The molecule has 0 bridgehead atoms. The molecule has 60 valence electrons. The van der Waals surface area contributed by atoms with E-state index >= 15 is 0 Å². The Balaban J connectivity index is 0.000000292. The summed E-state index contributed by atoms with van der Waals surface area (Å²) in [6.07, 6.45) is 7.04. The number of hydrogen-bond donors (Lipinski definition) is 0.